The van der Waals surface area contributed by atoms with Crippen molar-refractivity contribution in [3.8, 4) is 17.2 Å². The predicted molar refractivity (Wildman–Crippen MR) is 135 cm³/mol. The van der Waals surface area contributed by atoms with Crippen LogP contribution in [0, 0.1) is 0 Å². The van der Waals surface area contributed by atoms with Gasteiger partial charge >= 0.3 is 0 Å². The van der Waals surface area contributed by atoms with Gasteiger partial charge in [0.05, 0.1) is 22.2 Å². The Kier molecular flexibility index (Phi) is 3.72. The van der Waals surface area contributed by atoms with Crippen LogP contribution in [0.2, 0.25) is 0 Å². The van der Waals surface area contributed by atoms with Gasteiger partial charge in [0, 0.05) is 31.8 Å². The first-order valence-electron chi connectivity index (χ1n) is 10.6. The van der Waals surface area contributed by atoms with Crippen molar-refractivity contribution in [3.63, 3.8) is 0 Å². The fourth-order valence-corrected chi connectivity index (χ4v) is 5.48. The van der Waals surface area contributed by atoms with Crippen LogP contribution in [0.3, 0.4) is 0 Å². The molecule has 0 spiro atoms. The van der Waals surface area contributed by atoms with Gasteiger partial charge in [-0.2, -0.15) is 0 Å². The number of rotatable bonds is 2. The summed E-state index contributed by atoms with van der Waals surface area (Å²) in [5.41, 5.74) is 5.28. The number of nitrogens with zero attached hydrogens (tertiary/aromatic N) is 3. The molecule has 0 fully saturated rings. The van der Waals surface area contributed by atoms with Crippen molar-refractivity contribution in [1.82, 2.24) is 14.5 Å². The molecule has 0 amide bonds. The number of thiophene rings is 1. The monoisotopic (exact) mass is 427 g/mol. The fourth-order valence-electron chi connectivity index (χ4n) is 4.69. The van der Waals surface area contributed by atoms with E-state index in [9.17, 15) is 0 Å². The maximum Gasteiger partial charge on any atom is 0.235 e. The van der Waals surface area contributed by atoms with Crippen LogP contribution in [0.5, 0.6) is 0 Å². The van der Waals surface area contributed by atoms with Gasteiger partial charge in [0.2, 0.25) is 5.95 Å². The van der Waals surface area contributed by atoms with Gasteiger partial charge in [0.15, 0.2) is 0 Å². The normalized spacial score (nSPS) is 11.8. The molecule has 150 valence electrons. The van der Waals surface area contributed by atoms with E-state index in [1.54, 1.807) is 11.3 Å². The highest BCUT2D eigenvalue weighted by molar-refractivity contribution is 7.17. The van der Waals surface area contributed by atoms with Crippen LogP contribution in [-0.4, -0.2) is 14.5 Å². The lowest BCUT2D eigenvalue weighted by atomic mass is 10.1. The van der Waals surface area contributed by atoms with E-state index in [1.165, 1.54) is 26.4 Å². The largest absolute Gasteiger partial charge is 0.277 e. The van der Waals surface area contributed by atoms with Crippen LogP contribution in [-0.2, 0) is 0 Å². The number of hydrogen-bond acceptors (Lipinski definition) is 3. The van der Waals surface area contributed by atoms with E-state index in [0.717, 1.165) is 27.7 Å². The third-order valence-corrected chi connectivity index (χ3v) is 6.99. The van der Waals surface area contributed by atoms with Crippen LogP contribution in [0.4, 0.5) is 0 Å². The number of hydrogen-bond donors (Lipinski definition) is 0. The quantitative estimate of drug-likeness (QED) is 0.284. The van der Waals surface area contributed by atoms with Crippen LogP contribution >= 0.6 is 11.3 Å². The molecule has 4 heteroatoms. The average Bonchev–Trinajstić information content (AvgIpc) is 3.46. The SMILES string of the molecule is c1ccc(-c2nc(-n3c4ccccc4c4ccc5sccc5c43)nc3ccccc23)cc1. The molecule has 0 aliphatic rings. The molecule has 0 unspecified atom stereocenters. The molecular weight excluding hydrogens is 410 g/mol. The van der Waals surface area contributed by atoms with Gasteiger partial charge in [-0.1, -0.05) is 72.8 Å². The number of fused-ring (bicyclic) bond motifs is 6. The lowest BCUT2D eigenvalue weighted by molar-refractivity contribution is 1.02. The Morgan fingerprint density at radius 3 is 2.28 bits per heavy atom. The Bertz CT molecular complexity index is 1780. The summed E-state index contributed by atoms with van der Waals surface area (Å²) in [6.45, 7) is 0. The summed E-state index contributed by atoms with van der Waals surface area (Å²) < 4.78 is 3.50. The van der Waals surface area contributed by atoms with Gasteiger partial charge in [-0.05, 0) is 29.6 Å². The highest BCUT2D eigenvalue weighted by Gasteiger charge is 2.18. The summed E-state index contributed by atoms with van der Waals surface area (Å²) in [5, 5.41) is 6.90. The Morgan fingerprint density at radius 1 is 0.594 bits per heavy atom. The highest BCUT2D eigenvalue weighted by Crippen LogP contribution is 2.38. The topological polar surface area (TPSA) is 30.7 Å². The van der Waals surface area contributed by atoms with Gasteiger partial charge < -0.3 is 0 Å². The summed E-state index contributed by atoms with van der Waals surface area (Å²) in [7, 11) is 0. The predicted octanol–water partition coefficient (Wildman–Crippen LogP) is 7.61. The van der Waals surface area contributed by atoms with Crippen molar-refractivity contribution in [2.45, 2.75) is 0 Å². The molecule has 0 radical (unpaired) electrons. The lowest BCUT2D eigenvalue weighted by Crippen LogP contribution is -2.03. The molecule has 32 heavy (non-hydrogen) atoms. The Labute approximate surface area is 188 Å². The summed E-state index contributed by atoms with van der Waals surface area (Å²) in [5.74, 6) is 0.701. The van der Waals surface area contributed by atoms with E-state index in [0.29, 0.717) is 5.95 Å². The van der Waals surface area contributed by atoms with Gasteiger partial charge in [-0.25, -0.2) is 9.97 Å². The molecule has 0 bridgehead atoms. The van der Waals surface area contributed by atoms with Crippen molar-refractivity contribution in [2.24, 2.45) is 0 Å². The zero-order chi connectivity index (χ0) is 21.1. The molecule has 0 saturated heterocycles. The van der Waals surface area contributed by atoms with Crippen molar-refractivity contribution < 1.29 is 0 Å². The molecule has 4 aromatic carbocycles. The molecule has 0 saturated carbocycles. The smallest absolute Gasteiger partial charge is 0.235 e. The molecule has 0 N–H and O–H groups in total. The van der Waals surface area contributed by atoms with Crippen LogP contribution in [0.1, 0.15) is 0 Å². The molecule has 3 nitrogen and oxygen atoms in total. The molecular formula is C28H17N3S. The molecule has 0 aliphatic heterocycles. The van der Waals surface area contributed by atoms with E-state index in [1.807, 2.05) is 18.2 Å². The summed E-state index contributed by atoms with van der Waals surface area (Å²) in [6, 6.07) is 33.8. The minimum atomic E-state index is 0.701. The van der Waals surface area contributed by atoms with Crippen molar-refractivity contribution in [1.29, 1.82) is 0 Å². The first-order valence-corrected chi connectivity index (χ1v) is 11.5. The second-order valence-electron chi connectivity index (χ2n) is 7.90. The van der Waals surface area contributed by atoms with Crippen LogP contribution < -0.4 is 0 Å². The van der Waals surface area contributed by atoms with E-state index >= 15 is 0 Å². The third-order valence-electron chi connectivity index (χ3n) is 6.10. The molecule has 3 heterocycles. The van der Waals surface area contributed by atoms with Crippen molar-refractivity contribution in [2.75, 3.05) is 0 Å². The van der Waals surface area contributed by atoms with Crippen molar-refractivity contribution in [3.05, 3.63) is 102 Å². The Morgan fingerprint density at radius 2 is 1.38 bits per heavy atom. The minimum Gasteiger partial charge on any atom is -0.277 e. The minimum absolute atomic E-state index is 0.701. The van der Waals surface area contributed by atoms with Gasteiger partial charge in [0.25, 0.3) is 0 Å². The zero-order valence-electron chi connectivity index (χ0n) is 17.1. The Hall–Kier alpha value is -4.02. The van der Waals surface area contributed by atoms with Gasteiger partial charge in [-0.15, -0.1) is 11.3 Å². The highest BCUT2D eigenvalue weighted by atomic mass is 32.1. The average molecular weight is 428 g/mol. The van der Waals surface area contributed by atoms with Crippen LogP contribution in [0.15, 0.2) is 102 Å². The standard InChI is InChI=1S/C28H17N3S/c1-2-8-18(9-3-1)26-21-11-4-6-12-23(21)29-28(30-26)31-24-13-7-5-10-19(24)20-14-15-25-22(27(20)31)16-17-32-25/h1-17H. The maximum absolute atomic E-state index is 5.16. The first-order chi connectivity index (χ1) is 15.9. The van der Waals surface area contributed by atoms with E-state index < -0.39 is 0 Å². The molecule has 7 aromatic rings. The molecule has 0 aliphatic carbocycles. The zero-order valence-corrected chi connectivity index (χ0v) is 17.9. The second-order valence-corrected chi connectivity index (χ2v) is 8.85. The molecule has 7 rings (SSSR count). The van der Waals surface area contributed by atoms with Crippen molar-refractivity contribution >= 4 is 54.1 Å². The fraction of sp³-hybridized carbons (Fsp3) is 0. The third kappa shape index (κ3) is 2.47. The summed E-state index contributed by atoms with van der Waals surface area (Å²) >= 11 is 1.76. The number of benzene rings is 4. The van der Waals surface area contributed by atoms with E-state index in [-0.39, 0.29) is 0 Å². The lowest BCUT2D eigenvalue weighted by Gasteiger charge is -2.12. The van der Waals surface area contributed by atoms with Gasteiger partial charge in [-0.3, -0.25) is 4.57 Å². The van der Waals surface area contributed by atoms with Crippen LogP contribution in [0.25, 0.3) is 60.0 Å². The van der Waals surface area contributed by atoms with Gasteiger partial charge in [0.1, 0.15) is 0 Å². The summed E-state index contributed by atoms with van der Waals surface area (Å²) in [4.78, 5) is 10.2. The molecule has 3 aromatic heterocycles. The van der Waals surface area contributed by atoms with E-state index in [2.05, 4.69) is 88.8 Å². The van der Waals surface area contributed by atoms with E-state index in [4.69, 9.17) is 9.97 Å². The number of para-hydroxylation sites is 2. The first kappa shape index (κ1) is 17.6. The summed E-state index contributed by atoms with van der Waals surface area (Å²) in [6.07, 6.45) is 0. The molecule has 0 atom stereocenters. The maximum atomic E-state index is 5.16. The second kappa shape index (κ2) is 6.74. The number of aromatic nitrogens is 3. The Balaban J connectivity index is 1.67.